The summed E-state index contributed by atoms with van der Waals surface area (Å²) in [6.07, 6.45) is 0.739. The van der Waals surface area contributed by atoms with Crippen LogP contribution in [0.2, 0.25) is 0 Å². The van der Waals surface area contributed by atoms with Crippen LogP contribution >= 0.6 is 0 Å². The molecular weight excluding hydrogens is 352 g/mol. The Hall–Kier alpha value is -2.92. The molecule has 2 aromatic rings. The minimum atomic E-state index is -0.264. The van der Waals surface area contributed by atoms with Crippen molar-refractivity contribution in [1.82, 2.24) is 4.90 Å². The van der Waals surface area contributed by atoms with Crippen LogP contribution < -0.4 is 4.90 Å². The summed E-state index contributed by atoms with van der Waals surface area (Å²) in [6, 6.07) is 19.0. The number of hydrogen-bond acceptors (Lipinski definition) is 4. The number of para-hydroxylation sites is 1. The third kappa shape index (κ3) is 4.15. The van der Waals surface area contributed by atoms with Gasteiger partial charge in [-0.05, 0) is 38.0 Å². The van der Waals surface area contributed by atoms with E-state index in [-0.39, 0.29) is 17.9 Å². The third-order valence-electron chi connectivity index (χ3n) is 4.66. The van der Waals surface area contributed by atoms with Crippen LogP contribution in [0.25, 0.3) is 5.57 Å². The van der Waals surface area contributed by atoms with Gasteiger partial charge in [-0.25, -0.2) is 0 Å². The van der Waals surface area contributed by atoms with Crippen molar-refractivity contribution in [2.24, 2.45) is 0 Å². The van der Waals surface area contributed by atoms with Crippen molar-refractivity contribution in [3.05, 3.63) is 71.9 Å². The topological polar surface area (TPSA) is 49.9 Å². The van der Waals surface area contributed by atoms with E-state index in [4.69, 9.17) is 4.74 Å². The van der Waals surface area contributed by atoms with Crippen molar-refractivity contribution in [2.45, 2.75) is 26.4 Å². The number of ether oxygens (including phenoxy) is 1. The summed E-state index contributed by atoms with van der Waals surface area (Å²) in [4.78, 5) is 29.5. The van der Waals surface area contributed by atoms with Gasteiger partial charge in [0.05, 0.1) is 11.7 Å². The van der Waals surface area contributed by atoms with Gasteiger partial charge in [-0.15, -0.1) is 0 Å². The lowest BCUT2D eigenvalue weighted by Gasteiger charge is -2.21. The second-order valence-corrected chi connectivity index (χ2v) is 7.02. The molecule has 0 saturated carbocycles. The van der Waals surface area contributed by atoms with E-state index in [0.29, 0.717) is 30.8 Å². The van der Waals surface area contributed by atoms with Crippen molar-refractivity contribution in [1.29, 1.82) is 0 Å². The van der Waals surface area contributed by atoms with E-state index in [1.807, 2.05) is 81.6 Å². The predicted octanol–water partition coefficient (Wildman–Crippen LogP) is 3.72. The summed E-state index contributed by atoms with van der Waals surface area (Å²) in [5.41, 5.74) is 2.46. The molecule has 1 aliphatic rings. The zero-order valence-corrected chi connectivity index (χ0v) is 16.6. The Kier molecular flexibility index (Phi) is 6.26. The van der Waals surface area contributed by atoms with Crippen molar-refractivity contribution in [3.8, 4) is 0 Å². The number of carbonyl (C=O) groups is 2. The second kappa shape index (κ2) is 8.85. The Morgan fingerprint density at radius 1 is 0.929 bits per heavy atom. The zero-order valence-electron chi connectivity index (χ0n) is 16.6. The van der Waals surface area contributed by atoms with Crippen LogP contribution in [0.15, 0.2) is 66.4 Å². The first-order chi connectivity index (χ1) is 13.5. The molecule has 0 radical (unpaired) electrons. The average molecular weight is 378 g/mol. The lowest BCUT2D eigenvalue weighted by molar-refractivity contribution is -0.137. The SMILES string of the molecule is CC(C)OCCCN1C(=O)C(c2ccccc2)=C(N(C)c2ccccc2)C1=O. The molecule has 0 spiro atoms. The number of imide groups is 1. The molecule has 1 aliphatic heterocycles. The number of nitrogens with zero attached hydrogens (tertiary/aromatic N) is 2. The van der Waals surface area contributed by atoms with E-state index >= 15 is 0 Å². The van der Waals surface area contributed by atoms with E-state index in [1.54, 1.807) is 4.90 Å². The molecule has 2 amide bonds. The molecule has 28 heavy (non-hydrogen) atoms. The molecular formula is C23H26N2O3. The molecule has 3 rings (SSSR count). The van der Waals surface area contributed by atoms with Crippen molar-refractivity contribution in [2.75, 3.05) is 25.1 Å². The van der Waals surface area contributed by atoms with Gasteiger partial charge in [0, 0.05) is 25.9 Å². The highest BCUT2D eigenvalue weighted by molar-refractivity contribution is 6.36. The minimum Gasteiger partial charge on any atom is -0.379 e. The fraction of sp³-hybridized carbons (Fsp3) is 0.304. The highest BCUT2D eigenvalue weighted by Crippen LogP contribution is 2.33. The number of likely N-dealkylation sites (N-methyl/N-ethyl adjacent to an activating group) is 1. The van der Waals surface area contributed by atoms with Crippen molar-refractivity contribution >= 4 is 23.1 Å². The van der Waals surface area contributed by atoms with Crippen LogP contribution in [-0.4, -0.2) is 43.0 Å². The predicted molar refractivity (Wildman–Crippen MR) is 111 cm³/mol. The molecule has 0 bridgehead atoms. The highest BCUT2D eigenvalue weighted by atomic mass is 16.5. The van der Waals surface area contributed by atoms with Gasteiger partial charge in [-0.3, -0.25) is 14.5 Å². The first-order valence-corrected chi connectivity index (χ1v) is 9.57. The van der Waals surface area contributed by atoms with Gasteiger partial charge in [0.25, 0.3) is 11.8 Å². The molecule has 0 unspecified atom stereocenters. The fourth-order valence-electron chi connectivity index (χ4n) is 3.26. The Balaban J connectivity index is 1.92. The molecule has 0 saturated heterocycles. The maximum atomic E-state index is 13.2. The summed E-state index contributed by atoms with van der Waals surface area (Å²) < 4.78 is 5.55. The standard InChI is InChI=1S/C23H26N2O3/c1-17(2)28-16-10-15-25-22(26)20(18-11-6-4-7-12-18)21(23(25)27)24(3)19-13-8-5-9-14-19/h4-9,11-14,17H,10,15-16H2,1-3H3. The smallest absolute Gasteiger partial charge is 0.278 e. The van der Waals surface area contributed by atoms with Crippen LogP contribution in [-0.2, 0) is 14.3 Å². The Bertz CT molecular complexity index is 860. The Morgan fingerprint density at radius 2 is 1.54 bits per heavy atom. The number of anilines is 1. The number of rotatable bonds is 8. The second-order valence-electron chi connectivity index (χ2n) is 7.02. The van der Waals surface area contributed by atoms with E-state index in [0.717, 1.165) is 11.3 Å². The van der Waals surface area contributed by atoms with Crippen LogP contribution in [0.3, 0.4) is 0 Å². The quantitative estimate of drug-likeness (QED) is 0.519. The van der Waals surface area contributed by atoms with Crippen LogP contribution in [0.4, 0.5) is 5.69 Å². The van der Waals surface area contributed by atoms with E-state index < -0.39 is 0 Å². The van der Waals surface area contributed by atoms with Gasteiger partial charge in [0.1, 0.15) is 5.70 Å². The van der Waals surface area contributed by atoms with Crippen LogP contribution in [0.1, 0.15) is 25.8 Å². The maximum Gasteiger partial charge on any atom is 0.278 e. The zero-order chi connectivity index (χ0) is 20.1. The summed E-state index contributed by atoms with van der Waals surface area (Å²) in [6.45, 7) is 4.79. The molecule has 5 nitrogen and oxygen atoms in total. The lowest BCUT2D eigenvalue weighted by atomic mass is 10.0. The van der Waals surface area contributed by atoms with Gasteiger partial charge in [-0.1, -0.05) is 48.5 Å². The number of carbonyl (C=O) groups excluding carboxylic acids is 2. The Labute approximate surface area is 166 Å². The summed E-state index contributed by atoms with van der Waals surface area (Å²) in [7, 11) is 1.82. The molecule has 0 fully saturated rings. The highest BCUT2D eigenvalue weighted by Gasteiger charge is 2.40. The first kappa shape index (κ1) is 19.8. The minimum absolute atomic E-state index is 0.128. The van der Waals surface area contributed by atoms with E-state index in [2.05, 4.69) is 0 Å². The molecule has 0 atom stereocenters. The Morgan fingerprint density at radius 3 is 2.14 bits per heavy atom. The largest absolute Gasteiger partial charge is 0.379 e. The van der Waals surface area contributed by atoms with Gasteiger partial charge >= 0.3 is 0 Å². The summed E-state index contributed by atoms with van der Waals surface area (Å²) >= 11 is 0. The molecule has 0 aromatic heterocycles. The lowest BCUT2D eigenvalue weighted by Crippen LogP contribution is -2.35. The number of amides is 2. The van der Waals surface area contributed by atoms with Crippen molar-refractivity contribution < 1.29 is 14.3 Å². The molecule has 146 valence electrons. The average Bonchev–Trinajstić information content (AvgIpc) is 2.96. The van der Waals surface area contributed by atoms with Crippen molar-refractivity contribution in [3.63, 3.8) is 0 Å². The maximum absolute atomic E-state index is 13.2. The molecule has 0 aliphatic carbocycles. The molecule has 0 N–H and O–H groups in total. The van der Waals surface area contributed by atoms with Gasteiger partial charge in [-0.2, -0.15) is 0 Å². The van der Waals surface area contributed by atoms with Gasteiger partial charge in [0.2, 0.25) is 0 Å². The third-order valence-corrected chi connectivity index (χ3v) is 4.66. The first-order valence-electron chi connectivity index (χ1n) is 9.57. The summed E-state index contributed by atoms with van der Waals surface area (Å²) in [5.74, 6) is -0.515. The fourth-order valence-corrected chi connectivity index (χ4v) is 3.26. The van der Waals surface area contributed by atoms with E-state index in [9.17, 15) is 9.59 Å². The number of benzene rings is 2. The van der Waals surface area contributed by atoms with Gasteiger partial charge < -0.3 is 9.64 Å². The number of hydrogen-bond donors (Lipinski definition) is 0. The molecule has 1 heterocycles. The monoisotopic (exact) mass is 378 g/mol. The normalized spacial score (nSPS) is 14.4. The van der Waals surface area contributed by atoms with Gasteiger partial charge in [0.15, 0.2) is 0 Å². The van der Waals surface area contributed by atoms with Crippen LogP contribution in [0, 0.1) is 0 Å². The van der Waals surface area contributed by atoms with E-state index in [1.165, 1.54) is 4.90 Å². The van der Waals surface area contributed by atoms with Crippen LogP contribution in [0.5, 0.6) is 0 Å². The summed E-state index contributed by atoms with van der Waals surface area (Å²) in [5, 5.41) is 0. The molecule has 2 aromatic carbocycles. The molecule has 5 heteroatoms.